The van der Waals surface area contributed by atoms with E-state index in [1.165, 1.54) is 89.9 Å². The lowest BCUT2D eigenvalue weighted by molar-refractivity contribution is -0.123. The first-order chi connectivity index (χ1) is 16.2. The summed E-state index contributed by atoms with van der Waals surface area (Å²) >= 11 is 0. The average Bonchev–Trinajstić information content (AvgIpc) is 2.84. The van der Waals surface area contributed by atoms with Crippen LogP contribution in [0.3, 0.4) is 0 Å². The molecule has 0 heterocycles. The number of carbonyl (C=O) groups is 2. The van der Waals surface area contributed by atoms with E-state index in [0.717, 1.165) is 12.8 Å². The zero-order valence-corrected chi connectivity index (χ0v) is 21.0. The molecule has 0 saturated heterocycles. The normalized spacial score (nSPS) is 11.6. The topological polar surface area (TPSA) is 70.0 Å². The number of benzene rings is 1. The highest BCUT2D eigenvalue weighted by Crippen LogP contribution is 2.14. The maximum absolute atomic E-state index is 12.2. The molecule has 33 heavy (non-hydrogen) atoms. The molecule has 0 spiro atoms. The highest BCUT2D eigenvalue weighted by Gasteiger charge is 2.21. The molecule has 0 aromatic heterocycles. The number of Topliss-reactive ketones (excluding diaryl/α,β-unsaturated/α-hetero) is 1. The van der Waals surface area contributed by atoms with Gasteiger partial charge in [0.25, 0.3) is 0 Å². The Bertz CT molecular complexity index is 666. The summed E-state index contributed by atoms with van der Waals surface area (Å²) in [5.41, 5.74) is 0.545. The second-order valence-corrected chi connectivity index (χ2v) is 9.27. The van der Waals surface area contributed by atoms with Gasteiger partial charge in [-0.3, -0.25) is 9.59 Å². The van der Waals surface area contributed by atoms with Crippen LogP contribution < -0.4 is 5.32 Å². The largest absolute Gasteiger partial charge is 0.355 e. The van der Waals surface area contributed by atoms with Crippen LogP contribution in [-0.4, -0.2) is 18.2 Å². The van der Waals surface area contributed by atoms with Crippen molar-refractivity contribution < 1.29 is 9.59 Å². The first-order valence-electron chi connectivity index (χ1n) is 13.4. The third kappa shape index (κ3) is 15.3. The fraction of sp³-hybridized carbons (Fsp3) is 0.690. The Hall–Kier alpha value is -2.15. The molecule has 0 fully saturated rings. The van der Waals surface area contributed by atoms with Crippen molar-refractivity contribution >= 4 is 11.7 Å². The van der Waals surface area contributed by atoms with Gasteiger partial charge in [0.15, 0.2) is 5.78 Å². The van der Waals surface area contributed by atoms with E-state index in [1.54, 1.807) is 24.3 Å². The first-order valence-corrected chi connectivity index (χ1v) is 13.4. The van der Waals surface area contributed by atoms with E-state index in [-0.39, 0.29) is 18.1 Å². The van der Waals surface area contributed by atoms with Crippen molar-refractivity contribution in [2.75, 3.05) is 6.54 Å². The minimum Gasteiger partial charge on any atom is -0.355 e. The molecule has 1 rings (SSSR count). The second kappa shape index (κ2) is 20.5. The number of unbranched alkanes of at least 4 members (excludes halogenated alkanes) is 15. The Balaban J connectivity index is 1.93. The van der Waals surface area contributed by atoms with Gasteiger partial charge in [-0.2, -0.15) is 5.26 Å². The minimum atomic E-state index is -0.918. The van der Waals surface area contributed by atoms with Crippen LogP contribution in [0.4, 0.5) is 0 Å². The smallest absolute Gasteiger partial charge is 0.237 e. The standard InChI is InChI=1S/C29H46N2O2/c1-2-3-4-5-6-7-8-9-10-11-12-13-14-15-16-20-23-31-29(33)27(25-30)24-28(32)26-21-18-17-19-22-26/h17-19,21-22,27H,2-16,20,23-24H2,1H3,(H,31,33). The predicted molar refractivity (Wildman–Crippen MR) is 137 cm³/mol. The van der Waals surface area contributed by atoms with Gasteiger partial charge in [0.2, 0.25) is 5.91 Å². The fourth-order valence-electron chi connectivity index (χ4n) is 4.13. The van der Waals surface area contributed by atoms with Gasteiger partial charge in [-0.05, 0) is 6.42 Å². The lowest BCUT2D eigenvalue weighted by atomic mass is 9.98. The molecule has 1 atom stereocenters. The maximum atomic E-state index is 12.2. The summed E-state index contributed by atoms with van der Waals surface area (Å²) in [6, 6.07) is 10.8. The number of nitriles is 1. The van der Waals surface area contributed by atoms with Crippen LogP contribution in [0.25, 0.3) is 0 Å². The molecule has 1 amide bonds. The van der Waals surface area contributed by atoms with Gasteiger partial charge in [0, 0.05) is 18.5 Å². The van der Waals surface area contributed by atoms with Gasteiger partial charge in [0.05, 0.1) is 6.07 Å². The van der Waals surface area contributed by atoms with E-state index in [4.69, 9.17) is 0 Å². The summed E-state index contributed by atoms with van der Waals surface area (Å²) < 4.78 is 0. The van der Waals surface area contributed by atoms with Gasteiger partial charge < -0.3 is 5.32 Å². The molecule has 1 unspecified atom stereocenters. The molecule has 0 aliphatic rings. The number of hydrogen-bond acceptors (Lipinski definition) is 3. The van der Waals surface area contributed by atoms with Crippen LogP contribution in [0.15, 0.2) is 30.3 Å². The van der Waals surface area contributed by atoms with Gasteiger partial charge in [-0.25, -0.2) is 0 Å². The summed E-state index contributed by atoms with van der Waals surface area (Å²) in [5, 5.41) is 12.1. The van der Waals surface area contributed by atoms with E-state index in [9.17, 15) is 14.9 Å². The Morgan fingerprint density at radius 3 is 1.67 bits per heavy atom. The third-order valence-electron chi connectivity index (χ3n) is 6.29. The van der Waals surface area contributed by atoms with Crippen molar-refractivity contribution in [2.45, 2.75) is 116 Å². The van der Waals surface area contributed by atoms with Gasteiger partial charge in [0.1, 0.15) is 5.92 Å². The van der Waals surface area contributed by atoms with Crippen molar-refractivity contribution in [3.63, 3.8) is 0 Å². The molecule has 0 saturated carbocycles. The molecule has 184 valence electrons. The van der Waals surface area contributed by atoms with Crippen molar-refractivity contribution in [2.24, 2.45) is 5.92 Å². The lowest BCUT2D eigenvalue weighted by Gasteiger charge is -2.10. The van der Waals surface area contributed by atoms with E-state index in [2.05, 4.69) is 12.2 Å². The lowest BCUT2D eigenvalue weighted by Crippen LogP contribution is -2.32. The van der Waals surface area contributed by atoms with E-state index >= 15 is 0 Å². The summed E-state index contributed by atoms with van der Waals surface area (Å²) in [4.78, 5) is 24.4. The molecule has 4 nitrogen and oxygen atoms in total. The molecular weight excluding hydrogens is 408 g/mol. The molecule has 0 aliphatic heterocycles. The Kier molecular flexibility index (Phi) is 17.9. The monoisotopic (exact) mass is 454 g/mol. The van der Waals surface area contributed by atoms with Crippen molar-refractivity contribution in [3.8, 4) is 6.07 Å². The number of rotatable bonds is 21. The molecule has 1 N–H and O–H groups in total. The Morgan fingerprint density at radius 1 is 0.758 bits per heavy atom. The third-order valence-corrected chi connectivity index (χ3v) is 6.29. The number of ketones is 1. The summed E-state index contributed by atoms with van der Waals surface area (Å²) in [7, 11) is 0. The van der Waals surface area contributed by atoms with Crippen molar-refractivity contribution in [1.29, 1.82) is 5.26 Å². The van der Waals surface area contributed by atoms with E-state index < -0.39 is 5.92 Å². The molecule has 0 aliphatic carbocycles. The SMILES string of the molecule is CCCCCCCCCCCCCCCCCCNC(=O)C(C#N)CC(=O)c1ccccc1. The summed E-state index contributed by atoms with van der Waals surface area (Å²) in [5.74, 6) is -1.42. The average molecular weight is 455 g/mol. The molecule has 0 radical (unpaired) electrons. The van der Waals surface area contributed by atoms with Gasteiger partial charge >= 0.3 is 0 Å². The molecular formula is C29H46N2O2. The van der Waals surface area contributed by atoms with Gasteiger partial charge in [-0.1, -0.05) is 134 Å². The molecule has 1 aromatic carbocycles. The van der Waals surface area contributed by atoms with Crippen molar-refractivity contribution in [3.05, 3.63) is 35.9 Å². The number of hydrogen-bond donors (Lipinski definition) is 1. The molecule has 4 heteroatoms. The quantitative estimate of drug-likeness (QED) is 0.152. The van der Waals surface area contributed by atoms with Crippen LogP contribution in [0.5, 0.6) is 0 Å². The molecule has 1 aromatic rings. The van der Waals surface area contributed by atoms with Crippen LogP contribution >= 0.6 is 0 Å². The maximum Gasteiger partial charge on any atom is 0.237 e. The highest BCUT2D eigenvalue weighted by atomic mass is 16.2. The van der Waals surface area contributed by atoms with E-state index in [0.29, 0.717) is 12.1 Å². The Labute approximate surface area is 202 Å². The number of carbonyl (C=O) groups excluding carboxylic acids is 2. The number of nitrogens with one attached hydrogen (secondary N) is 1. The first kappa shape index (κ1) is 28.9. The number of amides is 1. The van der Waals surface area contributed by atoms with Gasteiger partial charge in [-0.15, -0.1) is 0 Å². The Morgan fingerprint density at radius 2 is 1.21 bits per heavy atom. The molecule has 0 bridgehead atoms. The van der Waals surface area contributed by atoms with Crippen LogP contribution in [0.1, 0.15) is 126 Å². The van der Waals surface area contributed by atoms with Crippen LogP contribution in [0, 0.1) is 17.2 Å². The minimum absolute atomic E-state index is 0.0642. The fourth-order valence-corrected chi connectivity index (χ4v) is 4.13. The highest BCUT2D eigenvalue weighted by molar-refractivity contribution is 5.99. The number of nitrogens with zero attached hydrogens (tertiary/aromatic N) is 1. The van der Waals surface area contributed by atoms with E-state index in [1.807, 2.05) is 12.1 Å². The zero-order valence-electron chi connectivity index (χ0n) is 21.0. The second-order valence-electron chi connectivity index (χ2n) is 9.27. The predicted octanol–water partition coefficient (Wildman–Crippen LogP) is 7.78. The summed E-state index contributed by atoms with van der Waals surface area (Å²) in [6.45, 7) is 2.85. The van der Waals surface area contributed by atoms with Crippen molar-refractivity contribution in [1.82, 2.24) is 5.32 Å². The summed E-state index contributed by atoms with van der Waals surface area (Å²) in [6.07, 6.45) is 21.0. The zero-order chi connectivity index (χ0) is 24.0. The van der Waals surface area contributed by atoms with Crippen LogP contribution in [-0.2, 0) is 4.79 Å². The van der Waals surface area contributed by atoms with Crippen LogP contribution in [0.2, 0.25) is 0 Å².